The molecule has 2 rings (SSSR count). The van der Waals surface area contributed by atoms with Crippen LogP contribution in [0.2, 0.25) is 0 Å². The summed E-state index contributed by atoms with van der Waals surface area (Å²) in [5.41, 5.74) is 1.20. The van der Waals surface area contributed by atoms with Crippen molar-refractivity contribution in [2.45, 2.75) is 25.8 Å². The fraction of sp³-hybridized carbons (Fsp3) is 0.500. The van der Waals surface area contributed by atoms with Gasteiger partial charge in [0.05, 0.1) is 25.8 Å². The Bertz CT molecular complexity index is 624. The van der Waals surface area contributed by atoms with Crippen LogP contribution in [0.3, 0.4) is 0 Å². The lowest BCUT2D eigenvalue weighted by Crippen LogP contribution is -2.47. The number of amides is 2. The van der Waals surface area contributed by atoms with Crippen molar-refractivity contribution in [2.24, 2.45) is 0 Å². The molecule has 0 aromatic heterocycles. The number of methoxy groups -OCH3 is 1. The van der Waals surface area contributed by atoms with Crippen LogP contribution in [0.1, 0.15) is 30.1 Å². The summed E-state index contributed by atoms with van der Waals surface area (Å²) in [6.07, 6.45) is 1.12. The SMILES string of the molecule is CCOC(=O)N1CCC(NC(=O)CNc2ccc(C(=O)OC)cc2)CC1. The molecule has 0 unspecified atom stereocenters. The number of hydrogen-bond donors (Lipinski definition) is 2. The minimum absolute atomic E-state index is 0.0525. The van der Waals surface area contributed by atoms with Crippen LogP contribution in [0, 0.1) is 0 Å². The number of ether oxygens (including phenoxy) is 2. The molecule has 1 saturated heterocycles. The van der Waals surface area contributed by atoms with Crippen molar-refractivity contribution in [3.8, 4) is 0 Å². The second kappa shape index (κ2) is 9.65. The van der Waals surface area contributed by atoms with Crippen LogP contribution < -0.4 is 10.6 Å². The average Bonchev–Trinajstić information content (AvgIpc) is 2.67. The highest BCUT2D eigenvalue weighted by Gasteiger charge is 2.24. The Morgan fingerprint density at radius 3 is 2.38 bits per heavy atom. The highest BCUT2D eigenvalue weighted by molar-refractivity contribution is 5.89. The van der Waals surface area contributed by atoms with Crippen LogP contribution in [0.15, 0.2) is 24.3 Å². The number of anilines is 1. The predicted molar refractivity (Wildman–Crippen MR) is 96.0 cm³/mol. The molecule has 0 aliphatic carbocycles. The number of nitrogens with zero attached hydrogens (tertiary/aromatic N) is 1. The number of likely N-dealkylation sites (tertiary alicyclic amines) is 1. The smallest absolute Gasteiger partial charge is 0.409 e. The van der Waals surface area contributed by atoms with Gasteiger partial charge in [0, 0.05) is 24.8 Å². The standard InChI is InChI=1S/C18H25N3O5/c1-3-26-18(24)21-10-8-15(9-11-21)20-16(22)12-19-14-6-4-13(5-7-14)17(23)25-2/h4-7,15,19H,3,8-12H2,1-2H3,(H,20,22). The molecule has 1 aromatic carbocycles. The molecule has 0 bridgehead atoms. The van der Waals surface area contributed by atoms with Crippen molar-refractivity contribution < 1.29 is 23.9 Å². The fourth-order valence-electron chi connectivity index (χ4n) is 2.72. The largest absolute Gasteiger partial charge is 0.465 e. The number of carbonyl (C=O) groups excluding carboxylic acids is 3. The number of benzene rings is 1. The van der Waals surface area contributed by atoms with Gasteiger partial charge in [-0.25, -0.2) is 9.59 Å². The third kappa shape index (κ3) is 5.65. The molecule has 8 nitrogen and oxygen atoms in total. The normalized spacial score (nSPS) is 14.5. The van der Waals surface area contributed by atoms with Crippen molar-refractivity contribution in [1.29, 1.82) is 0 Å². The first-order chi connectivity index (χ1) is 12.5. The van der Waals surface area contributed by atoms with Gasteiger partial charge in [-0.3, -0.25) is 4.79 Å². The van der Waals surface area contributed by atoms with Gasteiger partial charge in [-0.1, -0.05) is 0 Å². The molecule has 0 atom stereocenters. The lowest BCUT2D eigenvalue weighted by atomic mass is 10.1. The molecule has 8 heteroatoms. The lowest BCUT2D eigenvalue weighted by Gasteiger charge is -2.31. The summed E-state index contributed by atoms with van der Waals surface area (Å²) in [4.78, 5) is 36.8. The molecule has 142 valence electrons. The highest BCUT2D eigenvalue weighted by Crippen LogP contribution is 2.12. The zero-order valence-electron chi connectivity index (χ0n) is 15.1. The zero-order valence-corrected chi connectivity index (χ0v) is 15.1. The van der Waals surface area contributed by atoms with Gasteiger partial charge in [-0.15, -0.1) is 0 Å². The van der Waals surface area contributed by atoms with Crippen molar-refractivity contribution in [2.75, 3.05) is 38.7 Å². The van der Waals surface area contributed by atoms with E-state index in [0.717, 1.165) is 5.69 Å². The summed E-state index contributed by atoms with van der Waals surface area (Å²) in [5.74, 6) is -0.514. The Hall–Kier alpha value is -2.77. The van der Waals surface area contributed by atoms with Gasteiger partial charge < -0.3 is 25.0 Å². The first kappa shape index (κ1) is 19.6. The summed E-state index contributed by atoms with van der Waals surface area (Å²) in [7, 11) is 1.33. The molecule has 26 heavy (non-hydrogen) atoms. The number of nitrogens with one attached hydrogen (secondary N) is 2. The predicted octanol–water partition coefficient (Wildman–Crippen LogP) is 1.62. The zero-order chi connectivity index (χ0) is 18.9. The molecule has 0 radical (unpaired) electrons. The number of piperidine rings is 1. The van der Waals surface area contributed by atoms with Gasteiger partial charge >= 0.3 is 12.1 Å². The van der Waals surface area contributed by atoms with Gasteiger partial charge in [0.25, 0.3) is 0 Å². The minimum atomic E-state index is -0.400. The lowest BCUT2D eigenvalue weighted by molar-refractivity contribution is -0.120. The summed E-state index contributed by atoms with van der Waals surface area (Å²) in [6.45, 7) is 3.43. The molecule has 0 spiro atoms. The van der Waals surface area contributed by atoms with E-state index in [2.05, 4.69) is 15.4 Å². The highest BCUT2D eigenvalue weighted by atomic mass is 16.6. The van der Waals surface area contributed by atoms with Gasteiger partial charge in [0.1, 0.15) is 0 Å². The molecular formula is C18H25N3O5. The fourth-order valence-corrected chi connectivity index (χ4v) is 2.72. The second-order valence-corrected chi connectivity index (χ2v) is 5.95. The van der Waals surface area contributed by atoms with Crippen LogP contribution in [-0.2, 0) is 14.3 Å². The Kier molecular flexibility index (Phi) is 7.25. The number of carbonyl (C=O) groups is 3. The van der Waals surface area contributed by atoms with Gasteiger partial charge in [0.15, 0.2) is 0 Å². The summed E-state index contributed by atoms with van der Waals surface area (Å²) in [6, 6.07) is 6.76. The van der Waals surface area contributed by atoms with E-state index in [-0.39, 0.29) is 24.6 Å². The van der Waals surface area contributed by atoms with Crippen molar-refractivity contribution in [3.05, 3.63) is 29.8 Å². The van der Waals surface area contributed by atoms with E-state index in [9.17, 15) is 14.4 Å². The summed E-state index contributed by atoms with van der Waals surface area (Å²) in [5, 5.41) is 5.98. The number of rotatable bonds is 6. The van der Waals surface area contributed by atoms with Crippen LogP contribution >= 0.6 is 0 Å². The molecule has 1 aromatic rings. The first-order valence-corrected chi connectivity index (χ1v) is 8.66. The summed E-state index contributed by atoms with van der Waals surface area (Å²) < 4.78 is 9.62. The third-order valence-electron chi connectivity index (χ3n) is 4.15. The average molecular weight is 363 g/mol. The molecular weight excluding hydrogens is 338 g/mol. The third-order valence-corrected chi connectivity index (χ3v) is 4.15. The van der Waals surface area contributed by atoms with Crippen LogP contribution in [0.5, 0.6) is 0 Å². The van der Waals surface area contributed by atoms with Crippen LogP contribution in [-0.4, -0.2) is 62.3 Å². The maximum absolute atomic E-state index is 12.1. The molecule has 1 fully saturated rings. The minimum Gasteiger partial charge on any atom is -0.465 e. The van der Waals surface area contributed by atoms with E-state index in [1.165, 1.54) is 7.11 Å². The van der Waals surface area contributed by atoms with Crippen molar-refractivity contribution in [1.82, 2.24) is 10.2 Å². The van der Waals surface area contributed by atoms with E-state index in [4.69, 9.17) is 4.74 Å². The molecule has 1 heterocycles. The Labute approximate surface area is 152 Å². The molecule has 2 amide bonds. The van der Waals surface area contributed by atoms with E-state index in [1.54, 1.807) is 36.1 Å². The molecule has 1 aliphatic rings. The molecule has 2 N–H and O–H groups in total. The van der Waals surface area contributed by atoms with Gasteiger partial charge in [0.2, 0.25) is 5.91 Å². The number of esters is 1. The first-order valence-electron chi connectivity index (χ1n) is 8.66. The van der Waals surface area contributed by atoms with E-state index < -0.39 is 5.97 Å². The Morgan fingerprint density at radius 1 is 1.15 bits per heavy atom. The van der Waals surface area contributed by atoms with E-state index >= 15 is 0 Å². The monoisotopic (exact) mass is 363 g/mol. The van der Waals surface area contributed by atoms with Crippen LogP contribution in [0.25, 0.3) is 0 Å². The molecule has 0 saturated carbocycles. The van der Waals surface area contributed by atoms with Crippen molar-refractivity contribution >= 4 is 23.7 Å². The topological polar surface area (TPSA) is 97.0 Å². The molecule has 1 aliphatic heterocycles. The summed E-state index contributed by atoms with van der Waals surface area (Å²) >= 11 is 0. The maximum Gasteiger partial charge on any atom is 0.409 e. The second-order valence-electron chi connectivity index (χ2n) is 5.95. The maximum atomic E-state index is 12.1. The number of hydrogen-bond acceptors (Lipinski definition) is 6. The Balaban J connectivity index is 1.71. The van der Waals surface area contributed by atoms with Crippen LogP contribution in [0.4, 0.5) is 10.5 Å². The van der Waals surface area contributed by atoms with Gasteiger partial charge in [-0.2, -0.15) is 0 Å². The van der Waals surface area contributed by atoms with E-state index in [1.807, 2.05) is 0 Å². The van der Waals surface area contributed by atoms with Gasteiger partial charge in [-0.05, 0) is 44.0 Å². The van der Waals surface area contributed by atoms with E-state index in [0.29, 0.717) is 38.1 Å². The van der Waals surface area contributed by atoms with Crippen molar-refractivity contribution in [3.63, 3.8) is 0 Å². The quantitative estimate of drug-likeness (QED) is 0.746. The Morgan fingerprint density at radius 2 is 1.81 bits per heavy atom.